The van der Waals surface area contributed by atoms with E-state index in [9.17, 15) is 5.11 Å². The molecule has 2 atom stereocenters. The van der Waals surface area contributed by atoms with Gasteiger partial charge in [-0.2, -0.15) is 0 Å². The minimum Gasteiger partial charge on any atom is -0.387 e. The zero-order valence-electron chi connectivity index (χ0n) is 9.93. The molecule has 1 heterocycles. The summed E-state index contributed by atoms with van der Waals surface area (Å²) in [4.78, 5) is 3.13. The summed E-state index contributed by atoms with van der Waals surface area (Å²) in [5, 5.41) is 13.4. The topological polar surface area (TPSA) is 48.0 Å². The molecule has 90 valence electrons. The molecule has 1 aromatic carbocycles. The van der Waals surface area contributed by atoms with Crippen LogP contribution in [0.4, 0.5) is 0 Å². The summed E-state index contributed by atoms with van der Waals surface area (Å²) in [6, 6.07) is 13.7. The first-order valence-corrected chi connectivity index (χ1v) is 5.86. The van der Waals surface area contributed by atoms with Crippen LogP contribution in [0, 0.1) is 0 Å². The fourth-order valence-corrected chi connectivity index (χ4v) is 1.80. The third-order valence-electron chi connectivity index (χ3n) is 2.89. The maximum absolute atomic E-state index is 10.1. The van der Waals surface area contributed by atoms with E-state index in [0.717, 1.165) is 17.8 Å². The average molecular weight is 230 g/mol. The smallest absolute Gasteiger partial charge is 0.0940 e. The summed E-state index contributed by atoms with van der Waals surface area (Å²) in [6.07, 6.45) is 1.42. The molecule has 2 aromatic rings. The van der Waals surface area contributed by atoms with Crippen LogP contribution in [0.25, 0.3) is 0 Å². The van der Waals surface area contributed by atoms with Gasteiger partial charge in [0, 0.05) is 24.5 Å². The van der Waals surface area contributed by atoms with E-state index < -0.39 is 6.10 Å². The standard InChI is InChI=1S/C14H18N2O/c1-11(16-10-13-8-5-9-15-13)14(17)12-6-3-2-4-7-12/h2-9,11,14-17H,10H2,1H3/t11-,14+/m1/s1. The second kappa shape index (κ2) is 5.66. The molecule has 0 bridgehead atoms. The number of benzene rings is 1. The van der Waals surface area contributed by atoms with Gasteiger partial charge in [-0.1, -0.05) is 30.3 Å². The minimum absolute atomic E-state index is 0.0145. The van der Waals surface area contributed by atoms with E-state index in [1.807, 2.05) is 55.6 Å². The predicted molar refractivity (Wildman–Crippen MR) is 68.5 cm³/mol. The van der Waals surface area contributed by atoms with Crippen molar-refractivity contribution in [2.75, 3.05) is 0 Å². The fraction of sp³-hybridized carbons (Fsp3) is 0.286. The van der Waals surface area contributed by atoms with Crippen molar-refractivity contribution in [2.24, 2.45) is 0 Å². The summed E-state index contributed by atoms with van der Waals surface area (Å²) >= 11 is 0. The molecule has 1 aromatic heterocycles. The molecule has 0 aliphatic heterocycles. The van der Waals surface area contributed by atoms with Crippen molar-refractivity contribution >= 4 is 0 Å². The van der Waals surface area contributed by atoms with Gasteiger partial charge in [-0.3, -0.25) is 0 Å². The van der Waals surface area contributed by atoms with Gasteiger partial charge >= 0.3 is 0 Å². The van der Waals surface area contributed by atoms with Gasteiger partial charge in [-0.15, -0.1) is 0 Å². The first-order valence-electron chi connectivity index (χ1n) is 5.86. The number of rotatable bonds is 5. The van der Waals surface area contributed by atoms with Crippen LogP contribution < -0.4 is 5.32 Å². The van der Waals surface area contributed by atoms with E-state index in [-0.39, 0.29) is 6.04 Å². The summed E-state index contributed by atoms with van der Waals surface area (Å²) in [6.45, 7) is 2.72. The number of aliphatic hydroxyl groups is 1. The third-order valence-corrected chi connectivity index (χ3v) is 2.89. The van der Waals surface area contributed by atoms with Gasteiger partial charge in [0.1, 0.15) is 0 Å². The number of H-pyrrole nitrogens is 1. The molecule has 3 heteroatoms. The van der Waals surface area contributed by atoms with Gasteiger partial charge in [0.05, 0.1) is 6.10 Å². The van der Waals surface area contributed by atoms with Crippen molar-refractivity contribution in [3.63, 3.8) is 0 Å². The molecular weight excluding hydrogens is 212 g/mol. The molecule has 0 aliphatic rings. The van der Waals surface area contributed by atoms with Crippen LogP contribution in [0.5, 0.6) is 0 Å². The van der Waals surface area contributed by atoms with Crippen LogP contribution in [0.3, 0.4) is 0 Å². The van der Waals surface area contributed by atoms with Crippen molar-refractivity contribution in [1.82, 2.24) is 10.3 Å². The Morgan fingerprint density at radius 1 is 1.18 bits per heavy atom. The molecule has 3 N–H and O–H groups in total. The normalized spacial score (nSPS) is 14.5. The van der Waals surface area contributed by atoms with Crippen molar-refractivity contribution < 1.29 is 5.11 Å². The molecule has 2 rings (SSSR count). The quantitative estimate of drug-likeness (QED) is 0.737. The number of nitrogens with one attached hydrogen (secondary N) is 2. The molecule has 0 saturated heterocycles. The Morgan fingerprint density at radius 3 is 2.59 bits per heavy atom. The summed E-state index contributed by atoms with van der Waals surface area (Å²) in [5.74, 6) is 0. The molecule has 17 heavy (non-hydrogen) atoms. The molecule has 0 saturated carbocycles. The monoisotopic (exact) mass is 230 g/mol. The lowest BCUT2D eigenvalue weighted by Crippen LogP contribution is -2.31. The molecular formula is C14H18N2O. The number of hydrogen-bond donors (Lipinski definition) is 3. The number of aromatic amines is 1. The second-order valence-electron chi connectivity index (χ2n) is 4.22. The number of aromatic nitrogens is 1. The Labute approximate surface area is 102 Å². The van der Waals surface area contributed by atoms with Crippen LogP contribution in [-0.2, 0) is 6.54 Å². The van der Waals surface area contributed by atoms with Crippen LogP contribution in [-0.4, -0.2) is 16.1 Å². The molecule has 0 aliphatic carbocycles. The highest BCUT2D eigenvalue weighted by Gasteiger charge is 2.15. The Bertz CT molecular complexity index is 425. The van der Waals surface area contributed by atoms with Crippen molar-refractivity contribution in [2.45, 2.75) is 25.6 Å². The highest BCUT2D eigenvalue weighted by atomic mass is 16.3. The Hall–Kier alpha value is -1.58. The summed E-state index contributed by atoms with van der Waals surface area (Å²) in [5.41, 5.74) is 2.07. The van der Waals surface area contributed by atoms with Gasteiger partial charge < -0.3 is 15.4 Å². The lowest BCUT2D eigenvalue weighted by atomic mass is 10.0. The van der Waals surface area contributed by atoms with E-state index in [1.165, 1.54) is 0 Å². The first kappa shape index (κ1) is 11.9. The minimum atomic E-state index is -0.480. The van der Waals surface area contributed by atoms with Gasteiger partial charge in [-0.05, 0) is 24.6 Å². The molecule has 0 spiro atoms. The van der Waals surface area contributed by atoms with Crippen molar-refractivity contribution in [1.29, 1.82) is 0 Å². The summed E-state index contributed by atoms with van der Waals surface area (Å²) in [7, 11) is 0. The zero-order chi connectivity index (χ0) is 12.1. The largest absolute Gasteiger partial charge is 0.387 e. The van der Waals surface area contributed by atoms with Gasteiger partial charge in [0.2, 0.25) is 0 Å². The van der Waals surface area contributed by atoms with E-state index in [4.69, 9.17) is 0 Å². The highest BCUT2D eigenvalue weighted by Crippen LogP contribution is 2.16. The second-order valence-corrected chi connectivity index (χ2v) is 4.22. The zero-order valence-corrected chi connectivity index (χ0v) is 9.93. The predicted octanol–water partition coefficient (Wildman–Crippen LogP) is 2.23. The van der Waals surface area contributed by atoms with Crippen LogP contribution in [0.15, 0.2) is 48.7 Å². The number of aliphatic hydroxyl groups excluding tert-OH is 1. The summed E-state index contributed by atoms with van der Waals surface area (Å²) < 4.78 is 0. The average Bonchev–Trinajstić information content (AvgIpc) is 2.89. The van der Waals surface area contributed by atoms with E-state index in [2.05, 4.69) is 10.3 Å². The van der Waals surface area contributed by atoms with Crippen LogP contribution in [0.2, 0.25) is 0 Å². The highest BCUT2D eigenvalue weighted by molar-refractivity contribution is 5.18. The molecule has 0 radical (unpaired) electrons. The number of hydrogen-bond acceptors (Lipinski definition) is 2. The van der Waals surface area contributed by atoms with E-state index in [0.29, 0.717) is 0 Å². The van der Waals surface area contributed by atoms with Crippen LogP contribution in [0.1, 0.15) is 24.3 Å². The Morgan fingerprint density at radius 2 is 1.94 bits per heavy atom. The molecule has 3 nitrogen and oxygen atoms in total. The van der Waals surface area contributed by atoms with Crippen molar-refractivity contribution in [3.05, 3.63) is 59.9 Å². The Balaban J connectivity index is 1.89. The molecule has 0 amide bonds. The lowest BCUT2D eigenvalue weighted by Gasteiger charge is -2.20. The van der Waals surface area contributed by atoms with E-state index in [1.54, 1.807) is 0 Å². The third kappa shape index (κ3) is 3.19. The van der Waals surface area contributed by atoms with E-state index >= 15 is 0 Å². The fourth-order valence-electron chi connectivity index (χ4n) is 1.80. The Kier molecular flexibility index (Phi) is 3.96. The maximum Gasteiger partial charge on any atom is 0.0940 e. The molecule has 0 unspecified atom stereocenters. The maximum atomic E-state index is 10.1. The van der Waals surface area contributed by atoms with Crippen molar-refractivity contribution in [3.8, 4) is 0 Å². The van der Waals surface area contributed by atoms with Crippen LogP contribution >= 0.6 is 0 Å². The van der Waals surface area contributed by atoms with Gasteiger partial charge in [-0.25, -0.2) is 0 Å². The SMILES string of the molecule is C[C@@H](NCc1ccc[nH]1)[C@H](O)c1ccccc1. The first-order chi connectivity index (χ1) is 8.27. The van der Waals surface area contributed by atoms with Gasteiger partial charge in [0.15, 0.2) is 0 Å². The lowest BCUT2D eigenvalue weighted by molar-refractivity contribution is 0.135. The van der Waals surface area contributed by atoms with Gasteiger partial charge in [0.25, 0.3) is 0 Å². The molecule has 0 fully saturated rings.